The Bertz CT molecular complexity index is 726. The number of amides is 2. The lowest BCUT2D eigenvalue weighted by molar-refractivity contribution is -0.384. The summed E-state index contributed by atoms with van der Waals surface area (Å²) in [7, 11) is 1.42. The zero-order valence-electron chi connectivity index (χ0n) is 15.3. The highest BCUT2D eigenvalue weighted by molar-refractivity contribution is 5.94. The van der Waals surface area contributed by atoms with E-state index in [0.29, 0.717) is 37.7 Å². The van der Waals surface area contributed by atoms with Crippen molar-refractivity contribution in [2.45, 2.75) is 31.7 Å². The molecule has 2 amide bonds. The number of methoxy groups -OCH3 is 1. The van der Waals surface area contributed by atoms with Gasteiger partial charge >= 0.3 is 0 Å². The van der Waals surface area contributed by atoms with E-state index in [2.05, 4.69) is 10.6 Å². The van der Waals surface area contributed by atoms with E-state index in [1.165, 1.54) is 19.2 Å². The summed E-state index contributed by atoms with van der Waals surface area (Å²) in [6.07, 6.45) is 3.58. The van der Waals surface area contributed by atoms with Gasteiger partial charge in [0.15, 0.2) is 0 Å². The Morgan fingerprint density at radius 3 is 2.56 bits per heavy atom. The molecule has 0 atom stereocenters. The van der Waals surface area contributed by atoms with Gasteiger partial charge in [-0.3, -0.25) is 24.6 Å². The van der Waals surface area contributed by atoms with Gasteiger partial charge in [0.05, 0.1) is 24.6 Å². The lowest BCUT2D eigenvalue weighted by atomic mass is 9.96. The van der Waals surface area contributed by atoms with Crippen LogP contribution in [0.4, 0.5) is 11.4 Å². The van der Waals surface area contributed by atoms with Crippen molar-refractivity contribution in [2.24, 2.45) is 5.92 Å². The zero-order chi connectivity index (χ0) is 19.4. The Hall–Kier alpha value is -2.68. The maximum atomic E-state index is 12.3. The molecule has 146 valence electrons. The molecule has 1 saturated heterocycles. The van der Waals surface area contributed by atoms with Gasteiger partial charge in [-0.25, -0.2) is 0 Å². The van der Waals surface area contributed by atoms with Crippen molar-refractivity contribution in [1.82, 2.24) is 10.2 Å². The number of nitrogens with one attached hydrogen (secondary N) is 2. The van der Waals surface area contributed by atoms with Crippen molar-refractivity contribution in [3.05, 3.63) is 28.3 Å². The van der Waals surface area contributed by atoms with E-state index in [4.69, 9.17) is 4.74 Å². The van der Waals surface area contributed by atoms with Gasteiger partial charge in [0, 0.05) is 12.0 Å². The number of nitro benzene ring substituents is 1. The van der Waals surface area contributed by atoms with Crippen molar-refractivity contribution in [1.29, 1.82) is 0 Å². The summed E-state index contributed by atoms with van der Waals surface area (Å²) in [6.45, 7) is 1.45. The van der Waals surface area contributed by atoms with Crippen LogP contribution >= 0.6 is 0 Å². The summed E-state index contributed by atoms with van der Waals surface area (Å²) in [4.78, 5) is 37.0. The molecule has 27 heavy (non-hydrogen) atoms. The predicted molar refractivity (Wildman–Crippen MR) is 98.6 cm³/mol. The highest BCUT2D eigenvalue weighted by Crippen LogP contribution is 2.29. The Labute approximate surface area is 157 Å². The first-order valence-electron chi connectivity index (χ1n) is 9.11. The van der Waals surface area contributed by atoms with Crippen LogP contribution in [0.1, 0.15) is 25.7 Å². The van der Waals surface area contributed by atoms with E-state index in [0.717, 1.165) is 12.8 Å². The molecule has 2 aliphatic rings. The fourth-order valence-corrected chi connectivity index (χ4v) is 3.19. The quantitative estimate of drug-likeness (QED) is 0.551. The van der Waals surface area contributed by atoms with Crippen LogP contribution in [0.2, 0.25) is 0 Å². The molecular weight excluding hydrogens is 352 g/mol. The maximum absolute atomic E-state index is 12.3. The average molecular weight is 376 g/mol. The molecule has 1 heterocycles. The van der Waals surface area contributed by atoms with Crippen molar-refractivity contribution in [3.63, 3.8) is 0 Å². The zero-order valence-corrected chi connectivity index (χ0v) is 15.3. The van der Waals surface area contributed by atoms with Crippen molar-refractivity contribution in [3.8, 4) is 5.75 Å². The number of carbonyl (C=O) groups is 2. The van der Waals surface area contributed by atoms with Gasteiger partial charge in [-0.05, 0) is 50.9 Å². The summed E-state index contributed by atoms with van der Waals surface area (Å²) in [5.41, 5.74) is -0.0670. The number of carbonyl (C=O) groups excluding carboxylic acids is 2. The molecule has 0 bridgehead atoms. The lowest BCUT2D eigenvalue weighted by Gasteiger charge is -2.30. The minimum absolute atomic E-state index is 0.00702. The topological polar surface area (TPSA) is 114 Å². The number of hydrogen-bond donors (Lipinski definition) is 2. The van der Waals surface area contributed by atoms with Gasteiger partial charge in [-0.15, -0.1) is 0 Å². The summed E-state index contributed by atoms with van der Waals surface area (Å²) in [5.74, 6) is 0.165. The molecule has 1 aromatic rings. The van der Waals surface area contributed by atoms with Crippen LogP contribution in [0, 0.1) is 16.0 Å². The Morgan fingerprint density at radius 2 is 1.96 bits per heavy atom. The highest BCUT2D eigenvalue weighted by Gasteiger charge is 2.30. The van der Waals surface area contributed by atoms with Gasteiger partial charge in [-0.2, -0.15) is 0 Å². The fraction of sp³-hybridized carbons (Fsp3) is 0.556. The smallest absolute Gasteiger partial charge is 0.296 e. The normalized spacial score (nSPS) is 18.0. The molecule has 1 aliphatic heterocycles. The summed E-state index contributed by atoms with van der Waals surface area (Å²) in [5, 5.41) is 16.8. The molecule has 9 heteroatoms. The van der Waals surface area contributed by atoms with Crippen LogP contribution in [0.15, 0.2) is 18.2 Å². The Morgan fingerprint density at radius 1 is 1.26 bits per heavy atom. The number of benzene rings is 1. The number of hydrogen-bond acceptors (Lipinski definition) is 6. The largest absolute Gasteiger partial charge is 0.496 e. The first-order valence-corrected chi connectivity index (χ1v) is 9.11. The van der Waals surface area contributed by atoms with Crippen molar-refractivity contribution < 1.29 is 19.2 Å². The minimum atomic E-state index is -0.553. The van der Waals surface area contributed by atoms with Crippen LogP contribution in [-0.2, 0) is 9.59 Å². The summed E-state index contributed by atoms with van der Waals surface area (Å²) < 4.78 is 4.99. The average Bonchev–Trinajstić information content (AvgIpc) is 3.46. The molecule has 2 fully saturated rings. The van der Waals surface area contributed by atoms with Crippen molar-refractivity contribution in [2.75, 3.05) is 32.1 Å². The van der Waals surface area contributed by atoms with Crippen LogP contribution < -0.4 is 15.4 Å². The van der Waals surface area contributed by atoms with Gasteiger partial charge in [0.2, 0.25) is 11.8 Å². The van der Waals surface area contributed by atoms with E-state index >= 15 is 0 Å². The summed E-state index contributed by atoms with van der Waals surface area (Å²) >= 11 is 0. The number of likely N-dealkylation sites (tertiary alicyclic amines) is 1. The summed E-state index contributed by atoms with van der Waals surface area (Å²) in [6, 6.07) is 4.66. The monoisotopic (exact) mass is 376 g/mol. The van der Waals surface area contributed by atoms with Gasteiger partial charge in [0.1, 0.15) is 11.4 Å². The maximum Gasteiger partial charge on any atom is 0.296 e. The minimum Gasteiger partial charge on any atom is -0.496 e. The first-order chi connectivity index (χ1) is 13.0. The number of nitrogens with zero attached hydrogens (tertiary/aromatic N) is 2. The molecule has 0 radical (unpaired) electrons. The number of anilines is 1. The third-order valence-corrected chi connectivity index (χ3v) is 4.92. The molecule has 1 aliphatic carbocycles. The molecule has 0 unspecified atom stereocenters. The molecule has 1 aromatic carbocycles. The van der Waals surface area contributed by atoms with E-state index in [1.807, 2.05) is 4.90 Å². The first kappa shape index (κ1) is 19.1. The molecule has 3 rings (SSSR count). The van der Waals surface area contributed by atoms with Crippen LogP contribution in [-0.4, -0.2) is 54.4 Å². The number of piperidine rings is 1. The van der Waals surface area contributed by atoms with Crippen LogP contribution in [0.25, 0.3) is 0 Å². The van der Waals surface area contributed by atoms with Crippen molar-refractivity contribution >= 4 is 23.2 Å². The fourth-order valence-electron chi connectivity index (χ4n) is 3.19. The second-order valence-corrected chi connectivity index (χ2v) is 7.02. The van der Waals surface area contributed by atoms with Gasteiger partial charge in [-0.1, -0.05) is 0 Å². The molecule has 0 aromatic heterocycles. The number of rotatable bonds is 7. The second-order valence-electron chi connectivity index (χ2n) is 7.02. The highest BCUT2D eigenvalue weighted by atomic mass is 16.6. The second kappa shape index (κ2) is 8.34. The predicted octanol–water partition coefficient (Wildman–Crippen LogP) is 1.53. The van der Waals surface area contributed by atoms with E-state index in [1.54, 1.807) is 6.07 Å². The third kappa shape index (κ3) is 5.16. The number of nitro groups is 1. The lowest BCUT2D eigenvalue weighted by Crippen LogP contribution is -2.43. The molecule has 1 saturated carbocycles. The van der Waals surface area contributed by atoms with Crippen LogP contribution in [0.3, 0.4) is 0 Å². The molecular formula is C18H24N4O5. The van der Waals surface area contributed by atoms with E-state index in [9.17, 15) is 19.7 Å². The Kier molecular flexibility index (Phi) is 5.90. The molecule has 9 nitrogen and oxygen atoms in total. The SMILES string of the molecule is COc1ccc(NC(=O)CN2CCC(C(=O)NC3CC3)CC2)c([N+](=O)[O-])c1. The standard InChI is InChI=1S/C18H24N4O5/c1-27-14-4-5-15(16(10-14)22(25)26)20-17(23)11-21-8-6-12(7-9-21)18(24)19-13-2-3-13/h4-5,10,12-13H,2-3,6-9,11H2,1H3,(H,19,24)(H,20,23). The van der Waals surface area contributed by atoms with E-state index < -0.39 is 4.92 Å². The molecule has 0 spiro atoms. The Balaban J connectivity index is 1.50. The molecule has 2 N–H and O–H groups in total. The van der Waals surface area contributed by atoms with Gasteiger partial charge in [0.25, 0.3) is 5.69 Å². The third-order valence-electron chi connectivity index (χ3n) is 4.92. The van der Waals surface area contributed by atoms with Gasteiger partial charge < -0.3 is 15.4 Å². The van der Waals surface area contributed by atoms with Crippen LogP contribution in [0.5, 0.6) is 5.75 Å². The number of ether oxygens (including phenoxy) is 1. The van der Waals surface area contributed by atoms with E-state index in [-0.39, 0.29) is 35.7 Å².